The smallest absolute Gasteiger partial charge is 0.449 e. The lowest BCUT2D eigenvalue weighted by Crippen LogP contribution is -2.39. The molecule has 146 valence electrons. The molecule has 2 aromatic heterocycles. The van der Waals surface area contributed by atoms with Crippen LogP contribution in [0.1, 0.15) is 46.3 Å². The van der Waals surface area contributed by atoms with Crippen LogP contribution in [0.3, 0.4) is 0 Å². The molecule has 9 heteroatoms. The molecule has 0 aliphatic carbocycles. The maximum Gasteiger partial charge on any atom is 0.449 e. The van der Waals surface area contributed by atoms with Crippen molar-refractivity contribution in [1.29, 1.82) is 0 Å². The van der Waals surface area contributed by atoms with E-state index in [1.807, 2.05) is 7.05 Å². The molecule has 1 amide bonds. The van der Waals surface area contributed by atoms with Crippen molar-refractivity contribution in [1.82, 2.24) is 19.4 Å². The largest absolute Gasteiger partial charge is 0.472 e. The van der Waals surface area contributed by atoms with Gasteiger partial charge in [0.15, 0.2) is 0 Å². The summed E-state index contributed by atoms with van der Waals surface area (Å²) in [6.07, 6.45) is -0.198. The van der Waals surface area contributed by atoms with E-state index in [0.29, 0.717) is 17.0 Å². The van der Waals surface area contributed by atoms with Gasteiger partial charge in [-0.25, -0.2) is 4.98 Å². The first-order valence-electron chi connectivity index (χ1n) is 9.01. The van der Waals surface area contributed by atoms with Crippen molar-refractivity contribution in [3.05, 3.63) is 41.4 Å². The van der Waals surface area contributed by atoms with Gasteiger partial charge in [0.2, 0.25) is 5.82 Å². The van der Waals surface area contributed by atoms with Gasteiger partial charge >= 0.3 is 6.18 Å². The van der Waals surface area contributed by atoms with Gasteiger partial charge in [-0.1, -0.05) is 0 Å². The van der Waals surface area contributed by atoms with Crippen LogP contribution >= 0.6 is 0 Å². The van der Waals surface area contributed by atoms with Crippen LogP contribution in [0.4, 0.5) is 13.2 Å². The van der Waals surface area contributed by atoms with Gasteiger partial charge in [-0.05, 0) is 39.0 Å². The summed E-state index contributed by atoms with van der Waals surface area (Å²) >= 11 is 0. The zero-order valence-electron chi connectivity index (χ0n) is 15.0. The van der Waals surface area contributed by atoms with Crippen molar-refractivity contribution < 1.29 is 22.4 Å². The number of alkyl halides is 3. The first-order valence-corrected chi connectivity index (χ1v) is 9.01. The summed E-state index contributed by atoms with van der Waals surface area (Å²) in [5.74, 6) is -1.09. The minimum atomic E-state index is -4.50. The van der Waals surface area contributed by atoms with Gasteiger partial charge in [0.05, 0.1) is 29.8 Å². The molecule has 27 heavy (non-hydrogen) atoms. The Bertz CT molecular complexity index is 821. The first kappa shape index (κ1) is 18.1. The number of nitrogens with zero attached hydrogens (tertiary/aromatic N) is 4. The van der Waals surface area contributed by atoms with Gasteiger partial charge in [0.25, 0.3) is 5.91 Å². The Morgan fingerprint density at radius 3 is 2.59 bits per heavy atom. The Balaban J connectivity index is 1.67. The maximum absolute atomic E-state index is 13.5. The molecule has 1 saturated heterocycles. The quantitative estimate of drug-likeness (QED) is 0.801. The van der Waals surface area contributed by atoms with Crippen molar-refractivity contribution in [2.45, 2.75) is 38.0 Å². The molecule has 0 aromatic carbocycles. The van der Waals surface area contributed by atoms with Crippen molar-refractivity contribution in [2.24, 2.45) is 0 Å². The Labute approximate surface area is 154 Å². The highest BCUT2D eigenvalue weighted by atomic mass is 19.4. The highest BCUT2D eigenvalue weighted by molar-refractivity contribution is 5.93. The van der Waals surface area contributed by atoms with Gasteiger partial charge in [0.1, 0.15) is 6.26 Å². The number of fused-ring (bicyclic) bond motifs is 1. The second-order valence-corrected chi connectivity index (χ2v) is 7.23. The van der Waals surface area contributed by atoms with E-state index in [1.165, 1.54) is 17.1 Å². The fourth-order valence-electron chi connectivity index (χ4n) is 3.96. The van der Waals surface area contributed by atoms with Crippen LogP contribution in [0, 0.1) is 0 Å². The van der Waals surface area contributed by atoms with Crippen LogP contribution in [0.2, 0.25) is 0 Å². The number of hydrogen-bond acceptors (Lipinski definition) is 4. The molecule has 0 unspecified atom stereocenters. The zero-order chi connectivity index (χ0) is 19.2. The highest BCUT2D eigenvalue weighted by Crippen LogP contribution is 2.37. The number of amides is 1. The molecular formula is C18H21F3N4O2. The van der Waals surface area contributed by atoms with E-state index in [-0.39, 0.29) is 31.5 Å². The standard InChI is InChI=1S/C18H21F3N4O2/c1-23-5-2-12(3-6-23)15-14-10-24(16(26)13-4-9-27-11-13)7-8-25(14)17(22-15)18(19,20)21/h4,9,11-12H,2-3,5-8,10H2,1H3. The molecule has 0 saturated carbocycles. The molecule has 0 atom stereocenters. The van der Waals surface area contributed by atoms with Gasteiger partial charge in [-0.3, -0.25) is 4.79 Å². The maximum atomic E-state index is 13.5. The lowest BCUT2D eigenvalue weighted by Gasteiger charge is -2.32. The predicted molar refractivity (Wildman–Crippen MR) is 90.1 cm³/mol. The summed E-state index contributed by atoms with van der Waals surface area (Å²) in [7, 11) is 2.01. The number of likely N-dealkylation sites (tertiary alicyclic amines) is 1. The number of imidazole rings is 1. The van der Waals surface area contributed by atoms with Crippen LogP contribution in [0.25, 0.3) is 0 Å². The van der Waals surface area contributed by atoms with Gasteiger partial charge in [-0.2, -0.15) is 13.2 Å². The number of aromatic nitrogens is 2. The third-order valence-electron chi connectivity index (χ3n) is 5.45. The lowest BCUT2D eigenvalue weighted by atomic mass is 9.92. The summed E-state index contributed by atoms with van der Waals surface area (Å²) in [5.41, 5.74) is 1.42. The van der Waals surface area contributed by atoms with E-state index < -0.39 is 12.0 Å². The topological polar surface area (TPSA) is 54.5 Å². The van der Waals surface area contributed by atoms with Gasteiger partial charge < -0.3 is 18.8 Å². The Hall–Kier alpha value is -2.29. The molecule has 0 radical (unpaired) electrons. The zero-order valence-corrected chi connectivity index (χ0v) is 15.0. The van der Waals surface area contributed by atoms with Crippen molar-refractivity contribution >= 4 is 5.91 Å². The summed E-state index contributed by atoms with van der Waals surface area (Å²) in [6, 6.07) is 1.56. The molecule has 2 aliphatic heterocycles. The molecule has 6 nitrogen and oxygen atoms in total. The van der Waals surface area contributed by atoms with E-state index in [0.717, 1.165) is 25.9 Å². The number of carbonyl (C=O) groups excluding carboxylic acids is 1. The van der Waals surface area contributed by atoms with Crippen molar-refractivity contribution in [2.75, 3.05) is 26.7 Å². The van der Waals surface area contributed by atoms with E-state index in [1.54, 1.807) is 11.0 Å². The molecule has 1 fully saturated rings. The number of hydrogen-bond donors (Lipinski definition) is 0. The van der Waals surface area contributed by atoms with E-state index in [4.69, 9.17) is 4.42 Å². The Morgan fingerprint density at radius 2 is 1.96 bits per heavy atom. The molecule has 4 heterocycles. The molecule has 0 N–H and O–H groups in total. The molecule has 0 bridgehead atoms. The molecule has 0 spiro atoms. The third kappa shape index (κ3) is 3.36. The van der Waals surface area contributed by atoms with Crippen LogP contribution < -0.4 is 0 Å². The van der Waals surface area contributed by atoms with Crippen molar-refractivity contribution in [3.63, 3.8) is 0 Å². The summed E-state index contributed by atoms with van der Waals surface area (Å²) in [6.45, 7) is 2.09. The Morgan fingerprint density at radius 1 is 1.22 bits per heavy atom. The first-order chi connectivity index (χ1) is 12.8. The SMILES string of the molecule is CN1CCC(c2nc(C(F)(F)F)n3c2CN(C(=O)c2ccoc2)CC3)CC1. The van der Waals surface area contributed by atoms with Crippen LogP contribution in [-0.2, 0) is 19.3 Å². The summed E-state index contributed by atoms with van der Waals surface area (Å²) in [5, 5.41) is 0. The van der Waals surface area contributed by atoms with Crippen molar-refractivity contribution in [3.8, 4) is 0 Å². The number of piperidine rings is 1. The fourth-order valence-corrected chi connectivity index (χ4v) is 3.96. The number of rotatable bonds is 2. The van der Waals surface area contributed by atoms with Crippen LogP contribution in [0.5, 0.6) is 0 Å². The van der Waals surface area contributed by atoms with Crippen LogP contribution in [0.15, 0.2) is 23.0 Å². The van der Waals surface area contributed by atoms with E-state index in [9.17, 15) is 18.0 Å². The number of carbonyl (C=O) groups is 1. The monoisotopic (exact) mass is 382 g/mol. The lowest BCUT2D eigenvalue weighted by molar-refractivity contribution is -0.147. The predicted octanol–water partition coefficient (Wildman–Crippen LogP) is 2.96. The molecular weight excluding hydrogens is 361 g/mol. The van der Waals surface area contributed by atoms with Crippen LogP contribution in [-0.4, -0.2) is 51.9 Å². The number of halogens is 3. The molecule has 2 aromatic rings. The second kappa shape index (κ2) is 6.70. The van der Waals surface area contributed by atoms with Gasteiger partial charge in [0, 0.05) is 19.0 Å². The normalized spacial score (nSPS) is 19.3. The minimum Gasteiger partial charge on any atom is -0.472 e. The van der Waals surface area contributed by atoms with Gasteiger partial charge in [-0.15, -0.1) is 0 Å². The van der Waals surface area contributed by atoms with E-state index >= 15 is 0 Å². The fraction of sp³-hybridized carbons (Fsp3) is 0.556. The average molecular weight is 382 g/mol. The summed E-state index contributed by atoms with van der Waals surface area (Å²) in [4.78, 5) is 20.4. The Kier molecular flexibility index (Phi) is 4.49. The third-order valence-corrected chi connectivity index (χ3v) is 5.45. The van der Waals surface area contributed by atoms with E-state index in [2.05, 4.69) is 9.88 Å². The molecule has 4 rings (SSSR count). The average Bonchev–Trinajstić information content (AvgIpc) is 3.29. The highest BCUT2D eigenvalue weighted by Gasteiger charge is 2.42. The second-order valence-electron chi connectivity index (χ2n) is 7.23. The molecule has 2 aliphatic rings. The summed E-state index contributed by atoms with van der Waals surface area (Å²) < 4.78 is 46.8. The minimum absolute atomic E-state index is 0.0115. The number of furan rings is 1.